The van der Waals surface area contributed by atoms with E-state index in [1.807, 2.05) is 0 Å². The Hall–Kier alpha value is -2.30. The van der Waals surface area contributed by atoms with Crippen LogP contribution in [0.5, 0.6) is 0 Å². The van der Waals surface area contributed by atoms with Crippen LogP contribution in [0, 0.1) is 6.92 Å². The molecule has 2 N–H and O–H groups in total. The number of carbonyl (C=O) groups excluding carboxylic acids is 1. The van der Waals surface area contributed by atoms with Gasteiger partial charge in [-0.05, 0) is 31.0 Å². The van der Waals surface area contributed by atoms with Gasteiger partial charge in [-0.25, -0.2) is 9.59 Å². The molecule has 19 heavy (non-hydrogen) atoms. The van der Waals surface area contributed by atoms with Crippen LogP contribution < -0.4 is 5.32 Å². The van der Waals surface area contributed by atoms with Crippen LogP contribution >= 0.6 is 0 Å². The molecule has 1 atom stereocenters. The van der Waals surface area contributed by atoms with Gasteiger partial charge in [0.2, 0.25) is 0 Å². The lowest BCUT2D eigenvalue weighted by molar-refractivity contribution is 0.0696. The maximum absolute atomic E-state index is 11.4. The summed E-state index contributed by atoms with van der Waals surface area (Å²) in [6, 6.07) is 4.68. The van der Waals surface area contributed by atoms with Crippen molar-refractivity contribution in [1.29, 1.82) is 0 Å². The Balaban J connectivity index is 2.75. The van der Waals surface area contributed by atoms with Gasteiger partial charge in [0.1, 0.15) is 6.61 Å². The molecule has 1 amide bonds. The van der Waals surface area contributed by atoms with Gasteiger partial charge in [-0.2, -0.15) is 0 Å². The fourth-order valence-corrected chi connectivity index (χ4v) is 1.63. The molecule has 0 radical (unpaired) electrons. The van der Waals surface area contributed by atoms with Crippen molar-refractivity contribution in [1.82, 2.24) is 5.32 Å². The predicted octanol–water partition coefficient (Wildman–Crippen LogP) is 2.67. The zero-order valence-corrected chi connectivity index (χ0v) is 11.0. The third-order valence-electron chi connectivity index (χ3n) is 2.65. The van der Waals surface area contributed by atoms with Crippen LogP contribution in [0.15, 0.2) is 30.9 Å². The maximum atomic E-state index is 11.4. The number of aromatic carboxylic acids is 1. The lowest BCUT2D eigenvalue weighted by Crippen LogP contribution is -2.27. The lowest BCUT2D eigenvalue weighted by Gasteiger charge is -2.15. The SMILES string of the molecule is C=CCOC(=O)N[C@@H](C)c1ccc(C(=O)O)c(C)c1. The van der Waals surface area contributed by atoms with E-state index in [4.69, 9.17) is 9.84 Å². The molecular weight excluding hydrogens is 246 g/mol. The van der Waals surface area contributed by atoms with Crippen LogP contribution in [0.1, 0.15) is 34.5 Å². The first kappa shape index (κ1) is 14.8. The van der Waals surface area contributed by atoms with E-state index in [-0.39, 0.29) is 18.2 Å². The molecule has 0 fully saturated rings. The van der Waals surface area contributed by atoms with Gasteiger partial charge in [0, 0.05) is 0 Å². The van der Waals surface area contributed by atoms with E-state index in [1.54, 1.807) is 26.0 Å². The normalized spacial score (nSPS) is 11.5. The average Bonchev–Trinajstić information content (AvgIpc) is 2.35. The summed E-state index contributed by atoms with van der Waals surface area (Å²) in [4.78, 5) is 22.3. The molecule has 0 aliphatic heterocycles. The zero-order valence-electron chi connectivity index (χ0n) is 11.0. The first-order chi connectivity index (χ1) is 8.95. The van der Waals surface area contributed by atoms with Crippen molar-refractivity contribution in [3.05, 3.63) is 47.5 Å². The van der Waals surface area contributed by atoms with Gasteiger partial charge in [0.05, 0.1) is 11.6 Å². The van der Waals surface area contributed by atoms with Gasteiger partial charge in [0.15, 0.2) is 0 Å². The molecule has 0 saturated heterocycles. The summed E-state index contributed by atoms with van der Waals surface area (Å²) in [6.07, 6.45) is 0.947. The van der Waals surface area contributed by atoms with Gasteiger partial charge in [-0.3, -0.25) is 0 Å². The van der Waals surface area contributed by atoms with Crippen molar-refractivity contribution >= 4 is 12.1 Å². The zero-order chi connectivity index (χ0) is 14.4. The standard InChI is InChI=1S/C14H17NO4/c1-4-7-19-14(18)15-10(3)11-5-6-12(13(16)17)9(2)8-11/h4-6,8,10H,1,7H2,2-3H3,(H,15,18)(H,16,17)/t10-/m0/s1. The minimum Gasteiger partial charge on any atom is -0.478 e. The summed E-state index contributed by atoms with van der Waals surface area (Å²) < 4.78 is 4.81. The second-order valence-corrected chi connectivity index (χ2v) is 4.13. The molecule has 0 bridgehead atoms. The summed E-state index contributed by atoms with van der Waals surface area (Å²) in [5.41, 5.74) is 1.72. The second-order valence-electron chi connectivity index (χ2n) is 4.13. The first-order valence-corrected chi connectivity index (χ1v) is 5.83. The molecule has 1 aromatic carbocycles. The average molecular weight is 263 g/mol. The number of ether oxygens (including phenoxy) is 1. The van der Waals surface area contributed by atoms with Gasteiger partial charge in [-0.15, -0.1) is 0 Å². The smallest absolute Gasteiger partial charge is 0.407 e. The van der Waals surface area contributed by atoms with Crippen LogP contribution in [0.2, 0.25) is 0 Å². The topological polar surface area (TPSA) is 75.6 Å². The molecule has 102 valence electrons. The highest BCUT2D eigenvalue weighted by molar-refractivity contribution is 5.89. The highest BCUT2D eigenvalue weighted by Gasteiger charge is 2.13. The molecule has 5 heteroatoms. The Bertz CT molecular complexity index is 496. The molecule has 5 nitrogen and oxygen atoms in total. The highest BCUT2D eigenvalue weighted by Crippen LogP contribution is 2.17. The molecule has 0 spiro atoms. The number of alkyl carbamates (subject to hydrolysis) is 1. The van der Waals surface area contributed by atoms with E-state index < -0.39 is 12.1 Å². The molecule has 0 saturated carbocycles. The van der Waals surface area contributed by atoms with Crippen molar-refractivity contribution in [2.24, 2.45) is 0 Å². The third kappa shape index (κ3) is 4.13. The Kier molecular flexibility index (Phi) is 5.11. The first-order valence-electron chi connectivity index (χ1n) is 5.83. The molecule has 0 aliphatic rings. The van der Waals surface area contributed by atoms with Crippen LogP contribution in [-0.2, 0) is 4.74 Å². The Labute approximate surface area is 111 Å². The van der Waals surface area contributed by atoms with Crippen molar-refractivity contribution < 1.29 is 19.4 Å². The Morgan fingerprint density at radius 1 is 1.53 bits per heavy atom. The van der Waals surface area contributed by atoms with Crippen LogP contribution in [0.25, 0.3) is 0 Å². The van der Waals surface area contributed by atoms with E-state index in [0.29, 0.717) is 5.56 Å². The summed E-state index contributed by atoms with van der Waals surface area (Å²) in [5, 5.41) is 11.6. The Morgan fingerprint density at radius 3 is 2.74 bits per heavy atom. The van der Waals surface area contributed by atoms with Gasteiger partial charge in [-0.1, -0.05) is 24.8 Å². The molecule has 0 aliphatic carbocycles. The van der Waals surface area contributed by atoms with E-state index in [0.717, 1.165) is 5.56 Å². The molecule has 1 aromatic rings. The largest absolute Gasteiger partial charge is 0.478 e. The maximum Gasteiger partial charge on any atom is 0.407 e. The van der Waals surface area contributed by atoms with Gasteiger partial charge < -0.3 is 15.2 Å². The summed E-state index contributed by atoms with van der Waals surface area (Å²) in [7, 11) is 0. The molecule has 0 unspecified atom stereocenters. The monoisotopic (exact) mass is 263 g/mol. The molecule has 1 rings (SSSR count). The van der Waals surface area contributed by atoms with E-state index in [1.165, 1.54) is 12.1 Å². The summed E-state index contributed by atoms with van der Waals surface area (Å²) in [5.74, 6) is -0.963. The number of carboxylic acids is 1. The lowest BCUT2D eigenvalue weighted by atomic mass is 10.0. The van der Waals surface area contributed by atoms with Crippen molar-refractivity contribution in [2.75, 3.05) is 6.61 Å². The van der Waals surface area contributed by atoms with E-state index in [9.17, 15) is 9.59 Å². The second kappa shape index (κ2) is 6.58. The molecular formula is C14H17NO4. The van der Waals surface area contributed by atoms with Gasteiger partial charge >= 0.3 is 12.1 Å². The highest BCUT2D eigenvalue weighted by atomic mass is 16.5. The van der Waals surface area contributed by atoms with Crippen LogP contribution in [0.3, 0.4) is 0 Å². The third-order valence-corrected chi connectivity index (χ3v) is 2.65. The van der Waals surface area contributed by atoms with E-state index >= 15 is 0 Å². The number of carboxylic acid groups (broad SMARTS) is 1. The number of carbonyl (C=O) groups is 2. The molecule has 0 aromatic heterocycles. The predicted molar refractivity (Wildman–Crippen MR) is 71.2 cm³/mol. The number of aryl methyl sites for hydroxylation is 1. The fraction of sp³-hybridized carbons (Fsp3) is 0.286. The number of hydrogen-bond donors (Lipinski definition) is 2. The minimum atomic E-state index is -0.963. The summed E-state index contributed by atoms with van der Waals surface area (Å²) >= 11 is 0. The van der Waals surface area contributed by atoms with Crippen LogP contribution in [0.4, 0.5) is 4.79 Å². The molecule has 0 heterocycles. The van der Waals surface area contributed by atoms with E-state index in [2.05, 4.69) is 11.9 Å². The Morgan fingerprint density at radius 2 is 2.21 bits per heavy atom. The van der Waals surface area contributed by atoms with Crippen molar-refractivity contribution in [3.8, 4) is 0 Å². The quantitative estimate of drug-likeness (QED) is 0.801. The number of rotatable bonds is 5. The van der Waals surface area contributed by atoms with Gasteiger partial charge in [0.25, 0.3) is 0 Å². The van der Waals surface area contributed by atoms with Crippen molar-refractivity contribution in [2.45, 2.75) is 19.9 Å². The van der Waals surface area contributed by atoms with Crippen molar-refractivity contribution in [3.63, 3.8) is 0 Å². The summed E-state index contributed by atoms with van der Waals surface area (Å²) in [6.45, 7) is 7.11. The van der Waals surface area contributed by atoms with Crippen LogP contribution in [-0.4, -0.2) is 23.8 Å². The fourth-order valence-electron chi connectivity index (χ4n) is 1.63. The number of nitrogens with one attached hydrogen (secondary N) is 1. The number of hydrogen-bond acceptors (Lipinski definition) is 3. The number of benzene rings is 1. The minimum absolute atomic E-state index is 0.148. The number of amides is 1.